The molecule has 2 saturated carbocycles. The molecule has 2 aliphatic rings. The van der Waals surface area contributed by atoms with Gasteiger partial charge in [0.1, 0.15) is 22.7 Å². The van der Waals surface area contributed by atoms with Gasteiger partial charge < -0.3 is 29.2 Å². The van der Waals surface area contributed by atoms with Crippen molar-refractivity contribution in [1.82, 2.24) is 0 Å². The molecule has 2 aromatic carbocycles. The third-order valence-corrected chi connectivity index (χ3v) is 9.40. The molecule has 0 saturated heterocycles. The van der Waals surface area contributed by atoms with E-state index in [0.29, 0.717) is 61.2 Å². The fourth-order valence-corrected chi connectivity index (χ4v) is 6.98. The van der Waals surface area contributed by atoms with Gasteiger partial charge in [-0.05, 0) is 127 Å². The summed E-state index contributed by atoms with van der Waals surface area (Å²) in [6, 6.07) is 18.4. The number of aliphatic hydroxyl groups is 2. The number of hydrogen-bond donors (Lipinski definition) is 2. The van der Waals surface area contributed by atoms with E-state index in [1.165, 1.54) is 0 Å². The molecule has 0 spiro atoms. The highest BCUT2D eigenvalue weighted by Crippen LogP contribution is 2.44. The smallest absolute Gasteiger partial charge is 0.331 e. The van der Waals surface area contributed by atoms with Crippen LogP contribution in [-0.4, -0.2) is 59.8 Å². The van der Waals surface area contributed by atoms with Crippen molar-refractivity contribution in [3.8, 4) is 23.6 Å². The van der Waals surface area contributed by atoms with Crippen molar-refractivity contribution in [2.45, 2.75) is 127 Å². The van der Waals surface area contributed by atoms with E-state index in [-0.39, 0.29) is 11.8 Å². The maximum absolute atomic E-state index is 13.1. The Morgan fingerprint density at radius 3 is 1.18 bits per heavy atom. The van der Waals surface area contributed by atoms with Gasteiger partial charge >= 0.3 is 11.9 Å². The fourth-order valence-electron chi connectivity index (χ4n) is 6.98. The molecule has 2 aliphatic carbocycles. The minimum absolute atomic E-state index is 0.288. The number of benzene rings is 2. The number of hydrogen-bond acceptors (Lipinski definition) is 10. The van der Waals surface area contributed by atoms with Crippen molar-refractivity contribution in [1.29, 1.82) is 10.5 Å². The van der Waals surface area contributed by atoms with E-state index >= 15 is 0 Å². The Labute approximate surface area is 297 Å². The van der Waals surface area contributed by atoms with Crippen LogP contribution in [0.1, 0.15) is 104 Å². The number of methoxy groups -OCH3 is 2. The summed E-state index contributed by atoms with van der Waals surface area (Å²) in [5.41, 5.74) is -3.08. The molecule has 50 heavy (non-hydrogen) atoms. The van der Waals surface area contributed by atoms with Gasteiger partial charge in [0.2, 0.25) is 0 Å². The largest absolute Gasteiger partial charge is 0.497 e. The van der Waals surface area contributed by atoms with Crippen LogP contribution in [0.5, 0.6) is 11.5 Å². The summed E-state index contributed by atoms with van der Waals surface area (Å²) in [4.78, 5) is 26.2. The molecule has 0 unspecified atom stereocenters. The van der Waals surface area contributed by atoms with E-state index in [0.717, 1.165) is 12.8 Å². The topological polar surface area (TPSA) is 159 Å². The molecule has 10 heteroatoms. The van der Waals surface area contributed by atoms with Crippen LogP contribution in [0, 0.1) is 34.5 Å². The van der Waals surface area contributed by atoms with Crippen LogP contribution >= 0.6 is 0 Å². The lowest BCUT2D eigenvalue weighted by molar-refractivity contribution is -0.164. The fraction of sp³-hybridized carbons (Fsp3) is 0.600. The zero-order chi connectivity index (χ0) is 37.3. The average molecular weight is 691 g/mol. The van der Waals surface area contributed by atoms with E-state index in [1.54, 1.807) is 104 Å². The molecule has 4 rings (SSSR count). The lowest BCUT2D eigenvalue weighted by Crippen LogP contribution is -2.47. The molecule has 0 bridgehead atoms. The first-order chi connectivity index (χ1) is 23.4. The Balaban J connectivity index is 0.000000270. The molecule has 10 nitrogen and oxygen atoms in total. The molecular weight excluding hydrogens is 636 g/mol. The summed E-state index contributed by atoms with van der Waals surface area (Å²) in [6.45, 7) is 10.7. The summed E-state index contributed by atoms with van der Waals surface area (Å²) in [5.74, 6) is -0.362. The number of carbonyl (C=O) groups is 2. The van der Waals surface area contributed by atoms with Gasteiger partial charge in [0.25, 0.3) is 0 Å². The summed E-state index contributed by atoms with van der Waals surface area (Å²) < 4.78 is 21.6. The lowest BCUT2D eigenvalue weighted by atomic mass is 9.65. The molecule has 0 radical (unpaired) electrons. The molecule has 0 aromatic heterocycles. The third kappa shape index (κ3) is 9.56. The van der Waals surface area contributed by atoms with E-state index in [4.69, 9.17) is 18.9 Å². The van der Waals surface area contributed by atoms with Gasteiger partial charge in [-0.3, -0.25) is 0 Å². The minimum atomic E-state index is -1.43. The third-order valence-electron chi connectivity index (χ3n) is 9.40. The van der Waals surface area contributed by atoms with Crippen LogP contribution in [0.2, 0.25) is 0 Å². The van der Waals surface area contributed by atoms with Crippen molar-refractivity contribution in [2.75, 3.05) is 14.2 Å². The number of rotatable bonds is 8. The lowest BCUT2D eigenvalue weighted by Gasteiger charge is -2.38. The monoisotopic (exact) mass is 690 g/mol. The molecule has 2 fully saturated rings. The number of ether oxygens (including phenoxy) is 4. The van der Waals surface area contributed by atoms with Gasteiger partial charge in [-0.1, -0.05) is 37.1 Å². The molecule has 6 atom stereocenters. The first-order valence-corrected chi connectivity index (χ1v) is 17.4. The van der Waals surface area contributed by atoms with E-state index in [1.807, 2.05) is 0 Å². The minimum Gasteiger partial charge on any atom is -0.497 e. The molecule has 0 heterocycles. The van der Waals surface area contributed by atoms with Crippen molar-refractivity contribution >= 4 is 11.9 Å². The van der Waals surface area contributed by atoms with Gasteiger partial charge in [0, 0.05) is 0 Å². The van der Waals surface area contributed by atoms with Gasteiger partial charge in [-0.25, -0.2) is 9.59 Å². The highest BCUT2D eigenvalue weighted by atomic mass is 16.6. The van der Waals surface area contributed by atoms with Gasteiger partial charge in [0.05, 0.1) is 38.6 Å². The second-order valence-electron chi connectivity index (χ2n) is 15.3. The number of carbonyl (C=O) groups excluding carboxylic acids is 2. The summed E-state index contributed by atoms with van der Waals surface area (Å²) in [5, 5.41) is 40.4. The van der Waals surface area contributed by atoms with Crippen LogP contribution in [0.15, 0.2) is 48.5 Å². The molecule has 2 aromatic rings. The zero-order valence-electron chi connectivity index (χ0n) is 30.8. The maximum atomic E-state index is 13.1. The van der Waals surface area contributed by atoms with Crippen molar-refractivity contribution < 1.29 is 38.7 Å². The highest BCUT2D eigenvalue weighted by Gasteiger charge is 2.52. The molecule has 2 N–H and O–H groups in total. The second kappa shape index (κ2) is 16.7. The normalized spacial score (nSPS) is 23.2. The first-order valence-electron chi connectivity index (χ1n) is 17.4. The number of esters is 2. The standard InChI is InChI=1S/2C20H27NO4/c2*1-19(2,3)25-18(23)20(13-21,15-6-5-7-16(22)12-15)14-8-10-17(24-4)11-9-14/h2*8-11,15-16,22H,5-7,12H2,1-4H3/t2*15-,16+,20-/m11/s1. The van der Waals surface area contributed by atoms with Crippen LogP contribution < -0.4 is 9.47 Å². The second-order valence-corrected chi connectivity index (χ2v) is 15.3. The molecule has 0 amide bonds. The predicted octanol–water partition coefficient (Wildman–Crippen LogP) is 6.70. The Hall–Kier alpha value is -4.12. The van der Waals surface area contributed by atoms with Crippen LogP contribution in [0.25, 0.3) is 0 Å². The van der Waals surface area contributed by atoms with Crippen LogP contribution in [0.4, 0.5) is 0 Å². The SMILES string of the molecule is COc1ccc([C@@](C#N)(C(=O)OC(C)(C)C)[C@@H]2CCC[C@H](O)C2)cc1.COc1ccc([C@@](C#N)(C(=O)OC(C)(C)C)[C@@H]2CCC[C@H](O)C2)cc1. The molecular formula is C40H54N2O8. The molecule has 272 valence electrons. The van der Waals surface area contributed by atoms with Crippen LogP contribution in [0.3, 0.4) is 0 Å². The van der Waals surface area contributed by atoms with Gasteiger partial charge in [0.15, 0.2) is 10.8 Å². The highest BCUT2D eigenvalue weighted by molar-refractivity contribution is 5.88. The van der Waals surface area contributed by atoms with E-state index in [2.05, 4.69) is 12.1 Å². The van der Waals surface area contributed by atoms with E-state index in [9.17, 15) is 30.3 Å². The van der Waals surface area contributed by atoms with Crippen molar-refractivity contribution in [3.05, 3.63) is 59.7 Å². The number of aliphatic hydroxyl groups excluding tert-OH is 2. The van der Waals surface area contributed by atoms with Gasteiger partial charge in [-0.15, -0.1) is 0 Å². The van der Waals surface area contributed by atoms with Crippen molar-refractivity contribution in [3.63, 3.8) is 0 Å². The number of nitrogens with zero attached hydrogens (tertiary/aromatic N) is 2. The van der Waals surface area contributed by atoms with E-state index < -0.39 is 46.2 Å². The quantitative estimate of drug-likeness (QED) is 0.286. The maximum Gasteiger partial charge on any atom is 0.331 e. The molecule has 0 aliphatic heterocycles. The Morgan fingerprint density at radius 2 is 0.940 bits per heavy atom. The Kier molecular flexibility index (Phi) is 13.5. The Morgan fingerprint density at radius 1 is 0.620 bits per heavy atom. The summed E-state index contributed by atoms with van der Waals surface area (Å²) in [6.07, 6.45) is 4.23. The van der Waals surface area contributed by atoms with Crippen LogP contribution in [-0.2, 0) is 29.9 Å². The average Bonchev–Trinajstić information content (AvgIpc) is 3.05. The number of nitriles is 2. The zero-order valence-corrected chi connectivity index (χ0v) is 30.8. The summed E-state index contributed by atoms with van der Waals surface area (Å²) >= 11 is 0. The van der Waals surface area contributed by atoms with Crippen molar-refractivity contribution in [2.24, 2.45) is 11.8 Å². The first kappa shape index (κ1) is 40.3. The predicted molar refractivity (Wildman–Crippen MR) is 188 cm³/mol. The Bertz CT molecular complexity index is 1400. The summed E-state index contributed by atoms with van der Waals surface area (Å²) in [7, 11) is 3.13. The van der Waals surface area contributed by atoms with Gasteiger partial charge in [-0.2, -0.15) is 10.5 Å².